The highest BCUT2D eigenvalue weighted by Crippen LogP contribution is 2.20. The van der Waals surface area contributed by atoms with Crippen LogP contribution in [-0.4, -0.2) is 37.1 Å². The third-order valence-electron chi connectivity index (χ3n) is 4.88. The lowest BCUT2D eigenvalue weighted by atomic mass is 9.96. The van der Waals surface area contributed by atoms with Crippen LogP contribution in [0.4, 0.5) is 5.69 Å². The second-order valence-corrected chi connectivity index (χ2v) is 6.85. The van der Waals surface area contributed by atoms with Gasteiger partial charge in [0.15, 0.2) is 0 Å². The molecule has 4 heteroatoms. The molecule has 0 radical (unpaired) electrons. The van der Waals surface area contributed by atoms with Gasteiger partial charge in [0.1, 0.15) is 0 Å². The zero-order chi connectivity index (χ0) is 15.9. The molecule has 2 aliphatic heterocycles. The number of hydrogen-bond donors (Lipinski definition) is 1. The first-order chi connectivity index (χ1) is 11.3. The summed E-state index contributed by atoms with van der Waals surface area (Å²) in [4.78, 5) is 14.7. The lowest BCUT2D eigenvalue weighted by Crippen LogP contribution is -2.29. The fraction of sp³-hybridized carbons (Fsp3) is 0.632. The second kappa shape index (κ2) is 8.46. The molecule has 2 heterocycles. The van der Waals surface area contributed by atoms with Crippen LogP contribution >= 0.6 is 0 Å². The minimum Gasteiger partial charge on any atom is -0.381 e. The van der Waals surface area contributed by atoms with Crippen molar-refractivity contribution in [2.45, 2.75) is 45.1 Å². The average molecular weight is 316 g/mol. The summed E-state index contributed by atoms with van der Waals surface area (Å²) in [5.41, 5.74) is 2.22. The normalized spacial score (nSPS) is 20.3. The zero-order valence-corrected chi connectivity index (χ0v) is 13.9. The number of carbonyl (C=O) groups excluding carboxylic acids is 1. The molecular formula is C19H28N2O2. The first kappa shape index (κ1) is 16.5. The van der Waals surface area contributed by atoms with Crippen LogP contribution in [0, 0.1) is 5.92 Å². The molecule has 0 bridgehead atoms. The summed E-state index contributed by atoms with van der Waals surface area (Å²) in [7, 11) is 0. The highest BCUT2D eigenvalue weighted by molar-refractivity contribution is 5.90. The number of anilines is 1. The summed E-state index contributed by atoms with van der Waals surface area (Å²) in [6, 6.07) is 8.31. The van der Waals surface area contributed by atoms with Gasteiger partial charge in [0.2, 0.25) is 5.91 Å². The second-order valence-electron chi connectivity index (χ2n) is 6.85. The standard InChI is InChI=1S/C19H28N2O2/c22-19(14-16-7-11-23-12-8-16)20-18-6-4-5-17(13-18)15-21-9-2-1-3-10-21/h4-6,13,16H,1-3,7-12,14-15H2,(H,20,22). The van der Waals surface area contributed by atoms with E-state index in [4.69, 9.17) is 4.74 Å². The summed E-state index contributed by atoms with van der Waals surface area (Å²) in [5.74, 6) is 0.604. The molecule has 2 aliphatic rings. The van der Waals surface area contributed by atoms with Crippen LogP contribution in [0.15, 0.2) is 24.3 Å². The maximum Gasteiger partial charge on any atom is 0.224 e. The topological polar surface area (TPSA) is 41.6 Å². The Hall–Kier alpha value is -1.39. The molecule has 3 rings (SSSR count). The van der Waals surface area contributed by atoms with Gasteiger partial charge in [-0.3, -0.25) is 9.69 Å². The third-order valence-corrected chi connectivity index (χ3v) is 4.88. The maximum atomic E-state index is 12.2. The first-order valence-electron chi connectivity index (χ1n) is 8.98. The van der Waals surface area contributed by atoms with Crippen molar-refractivity contribution in [2.24, 2.45) is 5.92 Å². The number of nitrogens with zero attached hydrogens (tertiary/aromatic N) is 1. The predicted molar refractivity (Wildman–Crippen MR) is 92.4 cm³/mol. The van der Waals surface area contributed by atoms with Crippen LogP contribution in [0.25, 0.3) is 0 Å². The van der Waals surface area contributed by atoms with Crippen molar-refractivity contribution in [2.75, 3.05) is 31.6 Å². The molecule has 1 aromatic rings. The van der Waals surface area contributed by atoms with Crippen LogP contribution < -0.4 is 5.32 Å². The summed E-state index contributed by atoms with van der Waals surface area (Å²) in [5, 5.41) is 3.07. The highest BCUT2D eigenvalue weighted by Gasteiger charge is 2.17. The largest absolute Gasteiger partial charge is 0.381 e. The number of ether oxygens (including phenoxy) is 1. The molecule has 2 fully saturated rings. The minimum atomic E-state index is 0.132. The van der Waals surface area contributed by atoms with Crippen molar-refractivity contribution in [3.63, 3.8) is 0 Å². The van der Waals surface area contributed by atoms with Gasteiger partial charge < -0.3 is 10.1 Å². The van der Waals surface area contributed by atoms with Gasteiger partial charge in [0.05, 0.1) is 0 Å². The quantitative estimate of drug-likeness (QED) is 0.905. The van der Waals surface area contributed by atoms with Gasteiger partial charge in [-0.15, -0.1) is 0 Å². The number of benzene rings is 1. The average Bonchev–Trinajstić information content (AvgIpc) is 2.57. The van der Waals surface area contributed by atoms with E-state index in [-0.39, 0.29) is 5.91 Å². The number of rotatable bonds is 5. The van der Waals surface area contributed by atoms with E-state index in [1.54, 1.807) is 0 Å². The third kappa shape index (κ3) is 5.33. The first-order valence-corrected chi connectivity index (χ1v) is 8.98. The fourth-order valence-electron chi connectivity index (χ4n) is 3.55. The molecule has 0 aromatic heterocycles. The zero-order valence-electron chi connectivity index (χ0n) is 13.9. The fourth-order valence-corrected chi connectivity index (χ4v) is 3.55. The Labute approximate surface area is 139 Å². The summed E-state index contributed by atoms with van der Waals surface area (Å²) < 4.78 is 5.35. The van der Waals surface area contributed by atoms with Crippen molar-refractivity contribution in [1.29, 1.82) is 0 Å². The number of nitrogens with one attached hydrogen (secondary N) is 1. The molecule has 0 spiro atoms. The monoisotopic (exact) mass is 316 g/mol. The molecule has 126 valence electrons. The number of likely N-dealkylation sites (tertiary alicyclic amines) is 1. The molecule has 0 atom stereocenters. The van der Waals surface area contributed by atoms with Crippen LogP contribution in [-0.2, 0) is 16.1 Å². The molecule has 4 nitrogen and oxygen atoms in total. The van der Waals surface area contributed by atoms with Crippen LogP contribution in [0.2, 0.25) is 0 Å². The van der Waals surface area contributed by atoms with Crippen molar-refractivity contribution < 1.29 is 9.53 Å². The van der Waals surface area contributed by atoms with Gasteiger partial charge in [-0.1, -0.05) is 18.6 Å². The van der Waals surface area contributed by atoms with Gasteiger partial charge in [0, 0.05) is 31.9 Å². The van der Waals surface area contributed by atoms with Crippen molar-refractivity contribution >= 4 is 11.6 Å². The molecule has 1 amide bonds. The maximum absolute atomic E-state index is 12.2. The minimum absolute atomic E-state index is 0.132. The number of piperidine rings is 1. The highest BCUT2D eigenvalue weighted by atomic mass is 16.5. The van der Waals surface area contributed by atoms with Crippen LogP contribution in [0.1, 0.15) is 44.1 Å². The van der Waals surface area contributed by atoms with Crippen LogP contribution in [0.3, 0.4) is 0 Å². The smallest absolute Gasteiger partial charge is 0.224 e. The summed E-state index contributed by atoms with van der Waals surface area (Å²) in [6.45, 7) is 4.97. The van der Waals surface area contributed by atoms with Gasteiger partial charge >= 0.3 is 0 Å². The van der Waals surface area contributed by atoms with Crippen LogP contribution in [0.5, 0.6) is 0 Å². The van der Waals surface area contributed by atoms with E-state index < -0.39 is 0 Å². The Morgan fingerprint density at radius 1 is 1.17 bits per heavy atom. The van der Waals surface area contributed by atoms with E-state index in [0.717, 1.165) is 38.3 Å². The SMILES string of the molecule is O=C(CC1CCOCC1)Nc1cccc(CN2CCCCC2)c1. The Bertz CT molecular complexity index is 506. The van der Waals surface area contributed by atoms with E-state index in [1.807, 2.05) is 12.1 Å². The van der Waals surface area contributed by atoms with E-state index in [9.17, 15) is 4.79 Å². The molecule has 23 heavy (non-hydrogen) atoms. The van der Waals surface area contributed by atoms with E-state index in [1.165, 1.54) is 37.9 Å². The van der Waals surface area contributed by atoms with Gasteiger partial charge in [-0.2, -0.15) is 0 Å². The molecule has 0 aliphatic carbocycles. The van der Waals surface area contributed by atoms with E-state index in [0.29, 0.717) is 12.3 Å². The number of amides is 1. The molecular weight excluding hydrogens is 288 g/mol. The molecule has 1 N–H and O–H groups in total. The number of hydrogen-bond acceptors (Lipinski definition) is 3. The molecule has 2 saturated heterocycles. The Morgan fingerprint density at radius 2 is 1.96 bits per heavy atom. The van der Waals surface area contributed by atoms with Crippen molar-refractivity contribution in [3.05, 3.63) is 29.8 Å². The molecule has 0 saturated carbocycles. The van der Waals surface area contributed by atoms with Gasteiger partial charge in [-0.05, 0) is 62.4 Å². The molecule has 0 unspecified atom stereocenters. The summed E-state index contributed by atoms with van der Waals surface area (Å²) in [6.07, 6.45) is 6.59. The Kier molecular flexibility index (Phi) is 6.06. The van der Waals surface area contributed by atoms with Gasteiger partial charge in [-0.25, -0.2) is 0 Å². The van der Waals surface area contributed by atoms with Crippen molar-refractivity contribution in [3.8, 4) is 0 Å². The lowest BCUT2D eigenvalue weighted by molar-refractivity contribution is -0.117. The van der Waals surface area contributed by atoms with E-state index in [2.05, 4.69) is 22.3 Å². The van der Waals surface area contributed by atoms with Gasteiger partial charge in [0.25, 0.3) is 0 Å². The number of carbonyl (C=O) groups is 1. The lowest BCUT2D eigenvalue weighted by Gasteiger charge is -2.26. The van der Waals surface area contributed by atoms with Crippen molar-refractivity contribution in [1.82, 2.24) is 4.90 Å². The van der Waals surface area contributed by atoms with E-state index >= 15 is 0 Å². The predicted octanol–water partition coefficient (Wildman–Crippen LogP) is 3.43. The molecule has 1 aromatic carbocycles. The Balaban J connectivity index is 1.50. The summed E-state index contributed by atoms with van der Waals surface area (Å²) >= 11 is 0. The Morgan fingerprint density at radius 3 is 2.74 bits per heavy atom.